The van der Waals surface area contributed by atoms with Crippen molar-refractivity contribution >= 4 is 5.97 Å². The molecule has 5 aliphatic heterocycles. The highest BCUT2D eigenvalue weighted by Crippen LogP contribution is 2.76. The molecular formula is C58H94O29. The summed E-state index contributed by atoms with van der Waals surface area (Å²) in [4.78, 5) is 15.4. The molecule has 29 nitrogen and oxygen atoms in total. The number of fused-ring (bicyclic) bond motifs is 7. The monoisotopic (exact) mass is 1250 g/mol. The number of carbonyl (C=O) groups excluding carboxylic acids is 1. The predicted molar refractivity (Wildman–Crippen MR) is 288 cm³/mol. The maximum Gasteiger partial charge on any atom is 0.317 e. The Bertz CT molecular complexity index is 2420. The Morgan fingerprint density at radius 2 is 1.10 bits per heavy atom. The van der Waals surface area contributed by atoms with Crippen molar-refractivity contribution in [2.24, 2.45) is 50.2 Å². The predicted octanol–water partition coefficient (Wildman–Crippen LogP) is -6.02. The second kappa shape index (κ2) is 25.1. The van der Waals surface area contributed by atoms with Crippen LogP contribution in [0.15, 0.2) is 11.6 Å². The lowest BCUT2D eigenvalue weighted by molar-refractivity contribution is -0.377. The van der Waals surface area contributed by atoms with Gasteiger partial charge >= 0.3 is 5.97 Å². The Labute approximate surface area is 502 Å². The van der Waals surface area contributed by atoms with Crippen LogP contribution in [-0.2, 0) is 52.2 Å². The molecular weight excluding hydrogens is 1160 g/mol. The number of carbonyl (C=O) groups is 1. The third kappa shape index (κ3) is 11.1. The van der Waals surface area contributed by atoms with E-state index in [0.29, 0.717) is 32.1 Å². The fourth-order valence-corrected chi connectivity index (χ4v) is 17.7. The lowest BCUT2D eigenvalue weighted by Crippen LogP contribution is -2.72. The van der Waals surface area contributed by atoms with Gasteiger partial charge in [-0.2, -0.15) is 0 Å². The van der Waals surface area contributed by atoms with Crippen molar-refractivity contribution in [3.05, 3.63) is 11.6 Å². The zero-order chi connectivity index (χ0) is 63.6. The number of allylic oxidation sites excluding steroid dienone is 2. The van der Waals surface area contributed by atoms with Crippen molar-refractivity contribution < 1.29 is 144 Å². The Morgan fingerprint density at radius 1 is 0.540 bits per heavy atom. The van der Waals surface area contributed by atoms with E-state index in [0.717, 1.165) is 5.57 Å². The van der Waals surface area contributed by atoms with Gasteiger partial charge in [-0.05, 0) is 97.7 Å². The van der Waals surface area contributed by atoms with Gasteiger partial charge in [-0.1, -0.05) is 46.3 Å². The molecule has 0 bridgehead atoms. The summed E-state index contributed by atoms with van der Waals surface area (Å²) < 4.78 is 58.7. The zero-order valence-electron chi connectivity index (χ0n) is 49.8. The van der Waals surface area contributed by atoms with Crippen LogP contribution in [0, 0.1) is 50.2 Å². The second-order valence-electron chi connectivity index (χ2n) is 28.2. The van der Waals surface area contributed by atoms with Gasteiger partial charge in [0.1, 0.15) is 103 Å². The van der Waals surface area contributed by atoms with E-state index < -0.39 is 244 Å². The van der Waals surface area contributed by atoms with Crippen LogP contribution in [0.25, 0.3) is 0 Å². The maximum absolute atomic E-state index is 15.4. The highest BCUT2D eigenvalue weighted by molar-refractivity contribution is 5.80. The standard InChI is InChI=1S/C58H94O29/c1-22-43(83-47-39(73)33(67)26(64)18-78-47)38(72)41(75)48(80-22)85-45-34(68)27(65)19-79-51(45)87-52(77)58-12-11-53(2,3)13-24(58)23-7-8-30-54(4)14-25(63)46(57(20-61,21-62)31(54)9-10-55(30,5)56(23,6)15-32(58)66)86-50-42(76)44(36(70)29(17-60)82-50)84-49-40(74)37(71)35(69)28(16-59)81-49/h7,22,24-51,59-76H,8-21H2,1-6H3/t22-,24-,25-,26+,27-,28+,29+,30+,31+,32+,33-,34-,35+,36+,37-,38-,39+,40+,41+,42+,43-,44-,45-,46-,47-,48-,49-,50-,51+,54+,55+,56+,58+/m0/s1. The normalized spacial score (nSPS) is 54.0. The number of hydrogen-bond donors (Lipinski definition) is 18. The largest absolute Gasteiger partial charge is 0.432 e. The van der Waals surface area contributed by atoms with Crippen LogP contribution < -0.4 is 0 Å². The summed E-state index contributed by atoms with van der Waals surface area (Å²) in [7, 11) is 0. The van der Waals surface area contributed by atoms with E-state index in [1.54, 1.807) is 0 Å². The fraction of sp³-hybridized carbons (Fsp3) is 0.948. The molecule has 4 saturated carbocycles. The van der Waals surface area contributed by atoms with Crippen LogP contribution >= 0.6 is 0 Å². The van der Waals surface area contributed by atoms with Gasteiger partial charge in [0.15, 0.2) is 31.3 Å². The number of ether oxygens (including phenoxy) is 10. The Hall–Kier alpha value is -1.87. The number of aliphatic hydroxyl groups excluding tert-OH is 18. The molecule has 10 rings (SSSR count). The molecule has 87 heavy (non-hydrogen) atoms. The lowest BCUT2D eigenvalue weighted by atomic mass is 9.33. The Balaban J connectivity index is 0.890. The molecule has 10 aliphatic rings. The van der Waals surface area contributed by atoms with E-state index in [9.17, 15) is 91.9 Å². The van der Waals surface area contributed by atoms with Crippen molar-refractivity contribution in [1.29, 1.82) is 0 Å². The summed E-state index contributed by atoms with van der Waals surface area (Å²) in [6.45, 7) is 7.74. The van der Waals surface area contributed by atoms with Gasteiger partial charge in [-0.3, -0.25) is 4.79 Å². The summed E-state index contributed by atoms with van der Waals surface area (Å²) in [5.74, 6) is -2.42. The van der Waals surface area contributed by atoms with Crippen LogP contribution in [0.4, 0.5) is 0 Å². The van der Waals surface area contributed by atoms with Gasteiger partial charge in [0.05, 0.1) is 64.1 Å². The molecule has 5 aliphatic carbocycles. The Kier molecular flexibility index (Phi) is 19.6. The molecule has 29 heteroatoms. The Morgan fingerprint density at radius 3 is 1.75 bits per heavy atom. The first-order chi connectivity index (χ1) is 40.8. The average Bonchev–Trinajstić information content (AvgIpc) is 0.675. The van der Waals surface area contributed by atoms with E-state index in [1.165, 1.54) is 6.92 Å². The third-order valence-corrected chi connectivity index (χ3v) is 22.9. The lowest BCUT2D eigenvalue weighted by Gasteiger charge is -2.72. The topological polar surface area (TPSA) is 474 Å². The van der Waals surface area contributed by atoms with Crippen molar-refractivity contribution in [1.82, 2.24) is 0 Å². The molecule has 0 radical (unpaired) electrons. The zero-order valence-corrected chi connectivity index (χ0v) is 49.8. The molecule has 33 atom stereocenters. The molecule has 18 N–H and O–H groups in total. The van der Waals surface area contributed by atoms with Crippen LogP contribution in [0.3, 0.4) is 0 Å². The summed E-state index contributed by atoms with van der Waals surface area (Å²) in [6.07, 6.45) is -38.9. The minimum absolute atomic E-state index is 0.0230. The molecule has 5 heterocycles. The van der Waals surface area contributed by atoms with E-state index in [2.05, 4.69) is 33.8 Å². The second-order valence-corrected chi connectivity index (χ2v) is 28.2. The number of aliphatic hydroxyl groups is 18. The maximum atomic E-state index is 15.4. The summed E-state index contributed by atoms with van der Waals surface area (Å²) in [5.41, 5.74) is -5.13. The first-order valence-corrected chi connectivity index (χ1v) is 30.5. The minimum Gasteiger partial charge on any atom is -0.432 e. The van der Waals surface area contributed by atoms with Gasteiger partial charge in [0.25, 0.3) is 0 Å². The highest BCUT2D eigenvalue weighted by Gasteiger charge is 2.74. The van der Waals surface area contributed by atoms with Gasteiger partial charge in [-0.25, -0.2) is 0 Å². The van der Waals surface area contributed by atoms with Crippen molar-refractivity contribution in [3.63, 3.8) is 0 Å². The fourth-order valence-electron chi connectivity index (χ4n) is 17.7. The molecule has 5 saturated heterocycles. The summed E-state index contributed by atoms with van der Waals surface area (Å²) in [5, 5.41) is 199. The van der Waals surface area contributed by atoms with Crippen molar-refractivity contribution in [2.75, 3.05) is 39.6 Å². The molecule has 0 aromatic rings. The van der Waals surface area contributed by atoms with Crippen LogP contribution in [0.1, 0.15) is 92.9 Å². The van der Waals surface area contributed by atoms with Gasteiger partial charge in [0.2, 0.25) is 6.29 Å². The number of esters is 1. The van der Waals surface area contributed by atoms with Crippen LogP contribution in [-0.4, -0.2) is 297 Å². The first-order valence-electron chi connectivity index (χ1n) is 30.5. The van der Waals surface area contributed by atoms with E-state index >= 15 is 4.79 Å². The van der Waals surface area contributed by atoms with Crippen molar-refractivity contribution in [2.45, 2.75) is 253 Å². The molecule has 500 valence electrons. The number of hydrogen-bond acceptors (Lipinski definition) is 29. The quantitative estimate of drug-likeness (QED) is 0.0437. The van der Waals surface area contributed by atoms with Gasteiger partial charge < -0.3 is 139 Å². The van der Waals surface area contributed by atoms with Crippen LogP contribution in [0.5, 0.6) is 0 Å². The molecule has 0 spiro atoms. The molecule has 0 aromatic carbocycles. The first kappa shape index (κ1) is 68.0. The molecule has 0 aromatic heterocycles. The third-order valence-electron chi connectivity index (χ3n) is 22.9. The number of rotatable bonds is 14. The molecule has 0 amide bonds. The summed E-state index contributed by atoms with van der Waals surface area (Å²) in [6, 6.07) is 0. The molecule has 0 unspecified atom stereocenters. The average molecular weight is 1260 g/mol. The van der Waals surface area contributed by atoms with Gasteiger partial charge in [0, 0.05) is 5.41 Å². The smallest absolute Gasteiger partial charge is 0.317 e. The van der Waals surface area contributed by atoms with Crippen LogP contribution in [0.2, 0.25) is 0 Å². The van der Waals surface area contributed by atoms with Crippen molar-refractivity contribution in [3.8, 4) is 0 Å². The van der Waals surface area contributed by atoms with E-state index in [1.807, 2.05) is 6.92 Å². The van der Waals surface area contributed by atoms with E-state index in [4.69, 9.17) is 47.4 Å². The van der Waals surface area contributed by atoms with Gasteiger partial charge in [-0.15, -0.1) is 0 Å². The van der Waals surface area contributed by atoms with E-state index in [-0.39, 0.29) is 30.6 Å². The SMILES string of the molecule is C[C@@H]1O[C@@H](O[C@@H]2[C@@H](OC(=O)[C@]34CCC(C)(C)C[C@H]3C3=CC[C@@H]5[C@@]6(C)C[C@H](O)[C@H](O[C@@H]7O[C@H](CO)[C@@H](O)[C@H](O[C@@H]8O[C@H](CO)[C@@H](O)[C@H](O)[C@H]8O)[C@H]7O)C(CO)(CO)[C@@H]6CC[C@@]5(C)[C@]3(C)C[C@H]4O)OC[C@H](O)[C@@H]2O)[C@H](O)[C@H](O)[C@H]1O[C@@H]1OC[C@@H](O)[C@H](O)[C@H]1O. The summed E-state index contributed by atoms with van der Waals surface area (Å²) >= 11 is 0. The molecule has 9 fully saturated rings. The highest BCUT2D eigenvalue weighted by atomic mass is 16.8. The minimum atomic E-state index is -1.98.